The van der Waals surface area contributed by atoms with Crippen LogP contribution in [0.15, 0.2) is 24.3 Å². The third kappa shape index (κ3) is 20.9. The van der Waals surface area contributed by atoms with E-state index in [9.17, 15) is 4.79 Å². The smallest absolute Gasteiger partial charge is 0.309 e. The first-order valence-corrected chi connectivity index (χ1v) is 10.7. The summed E-state index contributed by atoms with van der Waals surface area (Å²) in [6.07, 6.45) is 29.1. The van der Waals surface area contributed by atoms with Crippen LogP contribution in [0.2, 0.25) is 0 Å². The Hall–Kier alpha value is -1.05. The number of hydrogen-bond acceptors (Lipinski definition) is 2. The van der Waals surface area contributed by atoms with E-state index in [4.69, 9.17) is 0 Å². The number of carbonyl (C=O) groups is 1. The van der Waals surface area contributed by atoms with Crippen LogP contribution in [0.5, 0.6) is 0 Å². The van der Waals surface area contributed by atoms with Gasteiger partial charge in [-0.15, -0.1) is 0 Å². The maximum absolute atomic E-state index is 10.9. The Labute approximate surface area is 157 Å². The standard InChI is InChI=1S/C23H42O2/c1-3-4-5-6-7-8-9-10-11-12-13-14-15-16-17-18-19-20-21-22-23(24)25-2/h7-8,20-21H,3-6,9-19,22H2,1-2H3. The van der Waals surface area contributed by atoms with Gasteiger partial charge in [-0.05, 0) is 38.5 Å². The van der Waals surface area contributed by atoms with E-state index in [0.717, 1.165) is 6.42 Å². The Morgan fingerprint density at radius 1 is 0.640 bits per heavy atom. The lowest BCUT2D eigenvalue weighted by Crippen LogP contribution is -1.96. The van der Waals surface area contributed by atoms with Gasteiger partial charge in [-0.3, -0.25) is 4.79 Å². The fraction of sp³-hybridized carbons (Fsp3) is 0.783. The molecule has 2 nitrogen and oxygen atoms in total. The van der Waals surface area contributed by atoms with Crippen LogP contribution in [0.4, 0.5) is 0 Å². The molecule has 0 aromatic heterocycles. The Balaban J connectivity index is 3.13. The Kier molecular flexibility index (Phi) is 20.1. The van der Waals surface area contributed by atoms with E-state index in [0.29, 0.717) is 6.42 Å². The van der Waals surface area contributed by atoms with Crippen LogP contribution in [-0.2, 0) is 9.53 Å². The molecule has 0 saturated heterocycles. The molecular formula is C23H42O2. The van der Waals surface area contributed by atoms with Crippen molar-refractivity contribution >= 4 is 5.97 Å². The highest BCUT2D eigenvalue weighted by atomic mass is 16.5. The van der Waals surface area contributed by atoms with Crippen LogP contribution < -0.4 is 0 Å². The minimum atomic E-state index is -0.153. The second-order valence-corrected chi connectivity index (χ2v) is 6.98. The van der Waals surface area contributed by atoms with Crippen LogP contribution in [0.25, 0.3) is 0 Å². The van der Waals surface area contributed by atoms with Crippen molar-refractivity contribution in [2.45, 2.75) is 110 Å². The summed E-state index contributed by atoms with van der Waals surface area (Å²) in [6.45, 7) is 2.26. The van der Waals surface area contributed by atoms with Crippen molar-refractivity contribution in [3.05, 3.63) is 24.3 Å². The molecule has 0 N–H and O–H groups in total. The Morgan fingerprint density at radius 3 is 1.48 bits per heavy atom. The molecule has 146 valence electrons. The molecule has 0 fully saturated rings. The number of methoxy groups -OCH3 is 1. The lowest BCUT2D eigenvalue weighted by molar-refractivity contribution is -0.139. The number of carbonyl (C=O) groups excluding carboxylic acids is 1. The summed E-state index contributed by atoms with van der Waals surface area (Å²) in [5.41, 5.74) is 0. The van der Waals surface area contributed by atoms with E-state index in [1.54, 1.807) is 0 Å². The van der Waals surface area contributed by atoms with Gasteiger partial charge in [0, 0.05) is 0 Å². The highest BCUT2D eigenvalue weighted by Gasteiger charge is 1.94. The van der Waals surface area contributed by atoms with Crippen LogP contribution in [0.1, 0.15) is 110 Å². The van der Waals surface area contributed by atoms with E-state index in [-0.39, 0.29) is 5.97 Å². The summed E-state index contributed by atoms with van der Waals surface area (Å²) in [5, 5.41) is 0. The third-order valence-corrected chi connectivity index (χ3v) is 4.56. The average molecular weight is 351 g/mol. The molecule has 0 amide bonds. The number of unbranched alkanes of at least 4 members (excludes halogenated alkanes) is 13. The van der Waals surface area contributed by atoms with Crippen molar-refractivity contribution in [3.63, 3.8) is 0 Å². The zero-order valence-corrected chi connectivity index (χ0v) is 16.9. The van der Waals surface area contributed by atoms with Gasteiger partial charge in [0.05, 0.1) is 13.5 Å². The summed E-state index contributed by atoms with van der Waals surface area (Å²) in [7, 11) is 1.43. The molecule has 0 radical (unpaired) electrons. The molecule has 0 aromatic rings. The molecule has 0 unspecified atom stereocenters. The van der Waals surface area contributed by atoms with Crippen molar-refractivity contribution < 1.29 is 9.53 Å². The number of allylic oxidation sites excluding steroid dienone is 3. The van der Waals surface area contributed by atoms with Crippen LogP contribution in [-0.4, -0.2) is 13.1 Å². The van der Waals surface area contributed by atoms with Crippen LogP contribution >= 0.6 is 0 Å². The molecule has 0 aliphatic carbocycles. The third-order valence-electron chi connectivity index (χ3n) is 4.56. The number of esters is 1. The van der Waals surface area contributed by atoms with Crippen molar-refractivity contribution in [2.24, 2.45) is 0 Å². The lowest BCUT2D eigenvalue weighted by Gasteiger charge is -2.01. The molecule has 0 aromatic carbocycles. The van der Waals surface area contributed by atoms with Crippen molar-refractivity contribution in [1.82, 2.24) is 0 Å². The zero-order chi connectivity index (χ0) is 18.4. The van der Waals surface area contributed by atoms with Crippen LogP contribution in [0.3, 0.4) is 0 Å². The minimum Gasteiger partial charge on any atom is -0.469 e. The summed E-state index contributed by atoms with van der Waals surface area (Å²) >= 11 is 0. The van der Waals surface area contributed by atoms with E-state index in [2.05, 4.69) is 29.9 Å². The van der Waals surface area contributed by atoms with Gasteiger partial charge in [0.15, 0.2) is 0 Å². The second-order valence-electron chi connectivity index (χ2n) is 6.98. The maximum Gasteiger partial charge on any atom is 0.309 e. The molecular weight excluding hydrogens is 308 g/mol. The first kappa shape index (κ1) is 23.9. The summed E-state index contributed by atoms with van der Waals surface area (Å²) in [6, 6.07) is 0. The largest absolute Gasteiger partial charge is 0.469 e. The van der Waals surface area contributed by atoms with Gasteiger partial charge in [0.1, 0.15) is 0 Å². The molecule has 25 heavy (non-hydrogen) atoms. The van der Waals surface area contributed by atoms with Gasteiger partial charge in [0.25, 0.3) is 0 Å². The summed E-state index contributed by atoms with van der Waals surface area (Å²) in [5.74, 6) is -0.153. The van der Waals surface area contributed by atoms with E-state index in [1.807, 2.05) is 6.08 Å². The Morgan fingerprint density at radius 2 is 1.04 bits per heavy atom. The SMILES string of the molecule is CCCCCC=CCCCCCCCCCCCC=CCC(=O)OC. The first-order chi connectivity index (χ1) is 12.3. The minimum absolute atomic E-state index is 0.153. The van der Waals surface area contributed by atoms with Gasteiger partial charge in [-0.2, -0.15) is 0 Å². The number of ether oxygens (including phenoxy) is 1. The van der Waals surface area contributed by atoms with E-state index in [1.165, 1.54) is 97.0 Å². The predicted octanol–water partition coefficient (Wildman–Crippen LogP) is 7.53. The number of hydrogen-bond donors (Lipinski definition) is 0. The molecule has 0 rings (SSSR count). The normalized spacial score (nSPS) is 11.6. The molecule has 2 heteroatoms. The van der Waals surface area contributed by atoms with Gasteiger partial charge >= 0.3 is 5.97 Å². The molecule has 0 atom stereocenters. The van der Waals surface area contributed by atoms with Gasteiger partial charge < -0.3 is 4.74 Å². The zero-order valence-electron chi connectivity index (χ0n) is 16.9. The quantitative estimate of drug-likeness (QED) is 0.145. The fourth-order valence-electron chi connectivity index (χ4n) is 2.89. The second kappa shape index (κ2) is 21.0. The monoisotopic (exact) mass is 350 g/mol. The highest BCUT2D eigenvalue weighted by molar-refractivity contribution is 5.70. The topological polar surface area (TPSA) is 26.3 Å². The van der Waals surface area contributed by atoms with Crippen molar-refractivity contribution in [1.29, 1.82) is 0 Å². The van der Waals surface area contributed by atoms with Crippen LogP contribution in [0, 0.1) is 0 Å². The maximum atomic E-state index is 10.9. The average Bonchev–Trinajstić information content (AvgIpc) is 2.63. The summed E-state index contributed by atoms with van der Waals surface area (Å²) in [4.78, 5) is 10.9. The molecule has 0 saturated carbocycles. The van der Waals surface area contributed by atoms with Gasteiger partial charge in [-0.1, -0.05) is 89.0 Å². The molecule has 0 bridgehead atoms. The Bertz CT molecular complexity index is 331. The lowest BCUT2D eigenvalue weighted by atomic mass is 10.1. The number of rotatable bonds is 18. The molecule has 0 aliphatic rings. The van der Waals surface area contributed by atoms with Crippen molar-refractivity contribution in [2.75, 3.05) is 7.11 Å². The first-order valence-electron chi connectivity index (χ1n) is 10.7. The fourth-order valence-corrected chi connectivity index (χ4v) is 2.89. The van der Waals surface area contributed by atoms with Gasteiger partial charge in [-0.25, -0.2) is 0 Å². The predicted molar refractivity (Wildman–Crippen MR) is 110 cm³/mol. The highest BCUT2D eigenvalue weighted by Crippen LogP contribution is 2.12. The van der Waals surface area contributed by atoms with E-state index < -0.39 is 0 Å². The molecule has 0 heterocycles. The van der Waals surface area contributed by atoms with Gasteiger partial charge in [0.2, 0.25) is 0 Å². The van der Waals surface area contributed by atoms with Crippen molar-refractivity contribution in [3.8, 4) is 0 Å². The van der Waals surface area contributed by atoms with E-state index >= 15 is 0 Å². The summed E-state index contributed by atoms with van der Waals surface area (Å²) < 4.78 is 4.59. The molecule has 0 spiro atoms. The molecule has 0 aliphatic heterocycles.